The summed E-state index contributed by atoms with van der Waals surface area (Å²) in [7, 11) is 3.87. The maximum atomic E-state index is 12.4. The van der Waals surface area contributed by atoms with Crippen LogP contribution in [0.1, 0.15) is 36.7 Å². The highest BCUT2D eigenvalue weighted by Gasteiger charge is 2.31. The van der Waals surface area contributed by atoms with E-state index in [1.165, 1.54) is 0 Å². The van der Waals surface area contributed by atoms with Crippen molar-refractivity contribution >= 4 is 18.2 Å². The van der Waals surface area contributed by atoms with E-state index in [2.05, 4.69) is 6.92 Å². The predicted molar refractivity (Wildman–Crippen MR) is 75.2 cm³/mol. The molecule has 0 fully saturated rings. The lowest BCUT2D eigenvalue weighted by atomic mass is 9.89. The molecule has 96 valence electrons. The van der Waals surface area contributed by atoms with Crippen molar-refractivity contribution in [3.05, 3.63) is 35.4 Å². The molecule has 17 heavy (non-hydrogen) atoms. The molecule has 0 N–H and O–H groups in total. The molecule has 2 nitrogen and oxygen atoms in total. The van der Waals surface area contributed by atoms with Crippen LogP contribution in [0.15, 0.2) is 24.3 Å². The van der Waals surface area contributed by atoms with Gasteiger partial charge >= 0.3 is 0 Å². The second kappa shape index (κ2) is 6.18. The number of hydrogen-bond acceptors (Lipinski definition) is 2. The van der Waals surface area contributed by atoms with Crippen molar-refractivity contribution in [2.75, 3.05) is 14.1 Å². The first-order valence-corrected chi connectivity index (χ1v) is 5.71. The monoisotopic (exact) mass is 255 g/mol. The summed E-state index contributed by atoms with van der Waals surface area (Å²) in [5.74, 6) is 0.190. The molecule has 0 aliphatic heterocycles. The van der Waals surface area contributed by atoms with Gasteiger partial charge in [-0.3, -0.25) is 9.69 Å². The Balaban J connectivity index is 0.00000256. The molecule has 1 aromatic carbocycles. The van der Waals surface area contributed by atoms with Crippen LogP contribution < -0.4 is 0 Å². The van der Waals surface area contributed by atoms with Gasteiger partial charge in [0.1, 0.15) is 0 Å². The molecule has 0 radical (unpaired) electrons. The minimum atomic E-state index is -0.453. The van der Waals surface area contributed by atoms with Gasteiger partial charge in [0, 0.05) is 5.56 Å². The molecule has 0 unspecified atom stereocenters. The Bertz CT molecular complexity index is 386. The quantitative estimate of drug-likeness (QED) is 0.771. The van der Waals surface area contributed by atoms with E-state index in [1.807, 2.05) is 57.1 Å². The van der Waals surface area contributed by atoms with Crippen molar-refractivity contribution in [3.8, 4) is 0 Å². The molecule has 0 spiro atoms. The fourth-order valence-electron chi connectivity index (χ4n) is 1.58. The van der Waals surface area contributed by atoms with Crippen molar-refractivity contribution in [3.63, 3.8) is 0 Å². The molecule has 1 rings (SSSR count). The highest BCUT2D eigenvalue weighted by Crippen LogP contribution is 2.20. The smallest absolute Gasteiger partial charge is 0.182 e. The Labute approximate surface area is 110 Å². The van der Waals surface area contributed by atoms with Crippen LogP contribution in [0, 0.1) is 0 Å². The van der Waals surface area contributed by atoms with Crippen molar-refractivity contribution < 1.29 is 4.79 Å². The number of halogens is 1. The van der Waals surface area contributed by atoms with Gasteiger partial charge in [-0.25, -0.2) is 0 Å². The third-order valence-corrected chi connectivity index (χ3v) is 3.32. The normalized spacial score (nSPS) is 11.2. The predicted octanol–water partition coefficient (Wildman–Crippen LogP) is 3.19. The van der Waals surface area contributed by atoms with Crippen LogP contribution in [0.5, 0.6) is 0 Å². The van der Waals surface area contributed by atoms with Crippen molar-refractivity contribution in [2.45, 2.75) is 32.7 Å². The van der Waals surface area contributed by atoms with Crippen LogP contribution in [-0.4, -0.2) is 30.3 Å². The minimum absolute atomic E-state index is 0. The number of carbonyl (C=O) groups is 1. The van der Waals surface area contributed by atoms with Crippen LogP contribution in [0.25, 0.3) is 0 Å². The van der Waals surface area contributed by atoms with Gasteiger partial charge in [-0.05, 0) is 39.9 Å². The van der Waals surface area contributed by atoms with E-state index in [0.29, 0.717) is 0 Å². The number of benzene rings is 1. The van der Waals surface area contributed by atoms with Crippen LogP contribution >= 0.6 is 12.4 Å². The molecule has 0 bridgehead atoms. The largest absolute Gasteiger partial charge is 0.297 e. The molecule has 0 heterocycles. The van der Waals surface area contributed by atoms with Gasteiger partial charge in [-0.1, -0.05) is 31.2 Å². The molecule has 0 saturated heterocycles. The number of aryl methyl sites for hydroxylation is 1. The Morgan fingerprint density at radius 1 is 1.24 bits per heavy atom. The number of nitrogens with zero attached hydrogens (tertiary/aromatic N) is 1. The first-order valence-electron chi connectivity index (χ1n) is 5.71. The Hall–Kier alpha value is -0.860. The summed E-state index contributed by atoms with van der Waals surface area (Å²) in [6.07, 6.45) is 0.894. The standard InChI is InChI=1S/C14H21NO.ClH/c1-6-11-9-7-8-10-12(11)13(16)14(2,3)15(4)5;/h7-10H,6H2,1-5H3;1H. The van der Waals surface area contributed by atoms with Crippen molar-refractivity contribution in [1.82, 2.24) is 4.90 Å². The molecule has 1 aromatic rings. The van der Waals surface area contributed by atoms with Gasteiger partial charge in [-0.15, -0.1) is 12.4 Å². The van der Waals surface area contributed by atoms with E-state index in [0.717, 1.165) is 17.5 Å². The zero-order valence-corrected chi connectivity index (χ0v) is 12.1. The Morgan fingerprint density at radius 2 is 1.76 bits per heavy atom. The lowest BCUT2D eigenvalue weighted by Gasteiger charge is -2.31. The number of ketones is 1. The van der Waals surface area contributed by atoms with Gasteiger partial charge in [0.05, 0.1) is 5.54 Å². The number of Topliss-reactive ketones (excluding diaryl/α,β-unsaturated/α-hetero) is 1. The maximum absolute atomic E-state index is 12.4. The van der Waals surface area contributed by atoms with E-state index >= 15 is 0 Å². The molecule has 3 heteroatoms. The summed E-state index contributed by atoms with van der Waals surface area (Å²) < 4.78 is 0. The number of hydrogen-bond donors (Lipinski definition) is 0. The fraction of sp³-hybridized carbons (Fsp3) is 0.500. The van der Waals surface area contributed by atoms with Crippen LogP contribution in [-0.2, 0) is 6.42 Å². The van der Waals surface area contributed by atoms with Crippen molar-refractivity contribution in [2.24, 2.45) is 0 Å². The van der Waals surface area contributed by atoms with E-state index in [-0.39, 0.29) is 18.2 Å². The molecule has 0 aliphatic carbocycles. The highest BCUT2D eigenvalue weighted by atomic mass is 35.5. The topological polar surface area (TPSA) is 20.3 Å². The average Bonchev–Trinajstić information content (AvgIpc) is 2.27. The van der Waals surface area contributed by atoms with Gasteiger partial charge in [0.25, 0.3) is 0 Å². The van der Waals surface area contributed by atoms with Gasteiger partial charge < -0.3 is 0 Å². The van der Waals surface area contributed by atoms with E-state index < -0.39 is 5.54 Å². The molecule has 0 amide bonds. The van der Waals surface area contributed by atoms with Crippen LogP contribution in [0.2, 0.25) is 0 Å². The molecule has 0 atom stereocenters. The second-order valence-electron chi connectivity index (χ2n) is 4.79. The van der Waals surface area contributed by atoms with Crippen LogP contribution in [0.3, 0.4) is 0 Å². The van der Waals surface area contributed by atoms with Gasteiger partial charge in [0.15, 0.2) is 5.78 Å². The fourth-order valence-corrected chi connectivity index (χ4v) is 1.58. The molecule has 0 aliphatic rings. The Kier molecular flexibility index (Phi) is 5.86. The van der Waals surface area contributed by atoms with Gasteiger partial charge in [0.2, 0.25) is 0 Å². The van der Waals surface area contributed by atoms with E-state index in [9.17, 15) is 4.79 Å². The summed E-state index contributed by atoms with van der Waals surface area (Å²) in [6, 6.07) is 7.86. The zero-order valence-electron chi connectivity index (χ0n) is 11.3. The second-order valence-corrected chi connectivity index (χ2v) is 4.79. The van der Waals surface area contributed by atoms with E-state index in [1.54, 1.807) is 0 Å². The van der Waals surface area contributed by atoms with Crippen molar-refractivity contribution in [1.29, 1.82) is 0 Å². The first kappa shape index (κ1) is 16.1. The first-order chi connectivity index (χ1) is 7.41. The number of rotatable bonds is 4. The summed E-state index contributed by atoms with van der Waals surface area (Å²) in [5, 5.41) is 0. The third-order valence-electron chi connectivity index (χ3n) is 3.32. The van der Waals surface area contributed by atoms with Gasteiger partial charge in [-0.2, -0.15) is 0 Å². The molecular formula is C14H22ClNO. The molecule has 0 saturated carbocycles. The SMILES string of the molecule is CCc1ccccc1C(=O)C(C)(C)N(C)C.Cl. The lowest BCUT2D eigenvalue weighted by Crippen LogP contribution is -2.46. The zero-order chi connectivity index (χ0) is 12.3. The lowest BCUT2D eigenvalue weighted by molar-refractivity contribution is 0.0754. The maximum Gasteiger partial charge on any atom is 0.182 e. The number of likely N-dealkylation sites (N-methyl/N-ethyl adjacent to an activating group) is 1. The summed E-state index contributed by atoms with van der Waals surface area (Å²) in [4.78, 5) is 14.4. The Morgan fingerprint density at radius 3 is 2.24 bits per heavy atom. The summed E-state index contributed by atoms with van der Waals surface area (Å²) in [6.45, 7) is 6.00. The third kappa shape index (κ3) is 3.30. The van der Waals surface area contributed by atoms with E-state index in [4.69, 9.17) is 0 Å². The molecule has 0 aromatic heterocycles. The molecular weight excluding hydrogens is 234 g/mol. The summed E-state index contributed by atoms with van der Waals surface area (Å²) >= 11 is 0. The highest BCUT2D eigenvalue weighted by molar-refractivity contribution is 6.03. The number of carbonyl (C=O) groups excluding carboxylic acids is 1. The summed E-state index contributed by atoms with van der Waals surface area (Å²) in [5.41, 5.74) is 1.52. The van der Waals surface area contributed by atoms with Crippen LogP contribution in [0.4, 0.5) is 0 Å². The minimum Gasteiger partial charge on any atom is -0.297 e. The average molecular weight is 256 g/mol.